The Hall–Kier alpha value is -3.02. The number of anilines is 1. The van der Waals surface area contributed by atoms with Crippen LogP contribution in [-0.2, 0) is 13.0 Å². The summed E-state index contributed by atoms with van der Waals surface area (Å²) < 4.78 is 16.6. The minimum absolute atomic E-state index is 0.213. The van der Waals surface area contributed by atoms with Gasteiger partial charge in [-0.25, -0.2) is 4.39 Å². The number of carbonyl (C=O) groups is 1. The molecule has 0 spiro atoms. The van der Waals surface area contributed by atoms with Gasteiger partial charge in [-0.1, -0.05) is 24.1 Å². The highest BCUT2D eigenvalue weighted by atomic mass is 19.1. The molecule has 4 rings (SSSR count). The number of halogens is 1. The summed E-state index contributed by atoms with van der Waals surface area (Å²) in [6.07, 6.45) is 4.10. The molecule has 6 heteroatoms. The quantitative estimate of drug-likeness (QED) is 0.720. The number of rotatable bonds is 3. The van der Waals surface area contributed by atoms with Crippen molar-refractivity contribution in [3.8, 4) is 11.4 Å². The van der Waals surface area contributed by atoms with Crippen molar-refractivity contribution in [3.63, 3.8) is 0 Å². The van der Waals surface area contributed by atoms with Crippen LogP contribution in [0.5, 0.6) is 0 Å². The molecule has 0 radical (unpaired) electrons. The maximum Gasteiger partial charge on any atom is 0.255 e. The van der Waals surface area contributed by atoms with E-state index in [1.165, 1.54) is 6.07 Å². The molecule has 1 aliphatic rings. The molecule has 1 aromatic heterocycles. The highest BCUT2D eigenvalue weighted by Gasteiger charge is 2.19. The highest BCUT2D eigenvalue weighted by molar-refractivity contribution is 6.05. The monoisotopic (exact) mass is 378 g/mol. The van der Waals surface area contributed by atoms with Crippen LogP contribution in [0.25, 0.3) is 11.4 Å². The van der Waals surface area contributed by atoms with Gasteiger partial charge in [-0.05, 0) is 56.5 Å². The molecule has 0 fully saturated rings. The summed E-state index contributed by atoms with van der Waals surface area (Å²) in [5.41, 5.74) is 3.51. The van der Waals surface area contributed by atoms with E-state index in [1.54, 1.807) is 12.1 Å². The van der Waals surface area contributed by atoms with Crippen LogP contribution >= 0.6 is 0 Å². The topological polar surface area (TPSA) is 59.8 Å². The van der Waals surface area contributed by atoms with Gasteiger partial charge in [-0.2, -0.15) is 0 Å². The summed E-state index contributed by atoms with van der Waals surface area (Å²) in [5.74, 6) is 0.840. The fourth-order valence-corrected chi connectivity index (χ4v) is 3.73. The maximum atomic E-state index is 14.6. The lowest BCUT2D eigenvalue weighted by Gasteiger charge is -2.11. The zero-order valence-electron chi connectivity index (χ0n) is 16.1. The van der Waals surface area contributed by atoms with Gasteiger partial charge in [0.25, 0.3) is 5.91 Å². The summed E-state index contributed by atoms with van der Waals surface area (Å²) >= 11 is 0. The van der Waals surface area contributed by atoms with E-state index < -0.39 is 0 Å². The van der Waals surface area contributed by atoms with E-state index in [2.05, 4.69) is 15.5 Å². The molecule has 1 aliphatic heterocycles. The lowest BCUT2D eigenvalue weighted by Crippen LogP contribution is -2.13. The van der Waals surface area contributed by atoms with Crippen molar-refractivity contribution in [3.05, 3.63) is 64.7 Å². The predicted molar refractivity (Wildman–Crippen MR) is 107 cm³/mol. The second-order valence-electron chi connectivity index (χ2n) is 7.37. The summed E-state index contributed by atoms with van der Waals surface area (Å²) in [6.45, 7) is 4.68. The average molecular weight is 378 g/mol. The molecule has 28 heavy (non-hydrogen) atoms. The normalized spacial score (nSPS) is 13.7. The van der Waals surface area contributed by atoms with Gasteiger partial charge in [0.2, 0.25) is 0 Å². The Labute approximate surface area is 163 Å². The van der Waals surface area contributed by atoms with Gasteiger partial charge < -0.3 is 9.88 Å². The molecular formula is C22H23FN4O. The van der Waals surface area contributed by atoms with E-state index >= 15 is 0 Å². The number of carbonyl (C=O) groups excluding carboxylic acids is 1. The molecule has 0 atom stereocenters. The minimum atomic E-state index is -0.371. The fraction of sp³-hybridized carbons (Fsp3) is 0.318. The average Bonchev–Trinajstić information content (AvgIpc) is 2.91. The van der Waals surface area contributed by atoms with Crippen molar-refractivity contribution in [2.45, 2.75) is 46.1 Å². The molecule has 2 aromatic carbocycles. The standard InChI is InChI=1S/C22H23FN4O/c1-14-7-9-17(15(2)12-14)22(28)24-16-8-10-19(23)18(13-16)21-26-25-20-6-4-3-5-11-27(20)21/h7-10,12-13H,3-6,11H2,1-2H3,(H,24,28). The summed E-state index contributed by atoms with van der Waals surface area (Å²) in [6, 6.07) is 10.3. The third-order valence-corrected chi connectivity index (χ3v) is 5.20. The Morgan fingerprint density at radius 2 is 1.93 bits per heavy atom. The molecular weight excluding hydrogens is 355 g/mol. The Balaban J connectivity index is 1.65. The van der Waals surface area contributed by atoms with E-state index in [-0.39, 0.29) is 11.7 Å². The number of nitrogens with zero attached hydrogens (tertiary/aromatic N) is 3. The third kappa shape index (κ3) is 3.54. The Morgan fingerprint density at radius 3 is 2.75 bits per heavy atom. The van der Waals surface area contributed by atoms with Crippen molar-refractivity contribution in [2.24, 2.45) is 0 Å². The van der Waals surface area contributed by atoms with E-state index in [4.69, 9.17) is 0 Å². The van der Waals surface area contributed by atoms with Crippen molar-refractivity contribution in [2.75, 3.05) is 5.32 Å². The first-order chi connectivity index (χ1) is 13.5. The SMILES string of the molecule is Cc1ccc(C(=O)Nc2ccc(F)c(-c3nnc4n3CCCCC4)c2)c(C)c1. The number of benzene rings is 2. The van der Waals surface area contributed by atoms with Crippen molar-refractivity contribution < 1.29 is 9.18 Å². The second-order valence-corrected chi connectivity index (χ2v) is 7.37. The fourth-order valence-electron chi connectivity index (χ4n) is 3.73. The molecule has 3 aromatic rings. The van der Waals surface area contributed by atoms with Crippen LogP contribution in [0, 0.1) is 19.7 Å². The van der Waals surface area contributed by atoms with Crippen LogP contribution in [0.4, 0.5) is 10.1 Å². The van der Waals surface area contributed by atoms with Gasteiger partial charge >= 0.3 is 0 Å². The summed E-state index contributed by atoms with van der Waals surface area (Å²) in [7, 11) is 0. The van der Waals surface area contributed by atoms with Gasteiger partial charge in [0.15, 0.2) is 5.82 Å². The van der Waals surface area contributed by atoms with Crippen molar-refractivity contribution in [1.29, 1.82) is 0 Å². The van der Waals surface area contributed by atoms with E-state index in [9.17, 15) is 9.18 Å². The number of aromatic nitrogens is 3. The first-order valence-electron chi connectivity index (χ1n) is 9.63. The predicted octanol–water partition coefficient (Wildman–Crippen LogP) is 4.68. The molecule has 1 N–H and O–H groups in total. The molecule has 0 bridgehead atoms. The first kappa shape index (κ1) is 18.3. The zero-order valence-corrected chi connectivity index (χ0v) is 16.1. The summed E-state index contributed by atoms with van der Waals surface area (Å²) in [5, 5.41) is 11.4. The number of aryl methyl sites for hydroxylation is 3. The van der Waals surface area contributed by atoms with Gasteiger partial charge in [-0.3, -0.25) is 4.79 Å². The van der Waals surface area contributed by atoms with E-state index in [0.29, 0.717) is 22.6 Å². The maximum absolute atomic E-state index is 14.6. The van der Waals surface area contributed by atoms with E-state index in [1.807, 2.05) is 36.6 Å². The molecule has 0 unspecified atom stereocenters. The molecule has 2 heterocycles. The minimum Gasteiger partial charge on any atom is -0.322 e. The molecule has 0 saturated heterocycles. The number of nitrogens with one attached hydrogen (secondary N) is 1. The highest BCUT2D eigenvalue weighted by Crippen LogP contribution is 2.28. The van der Waals surface area contributed by atoms with Crippen LogP contribution in [0.1, 0.15) is 46.6 Å². The number of amides is 1. The van der Waals surface area contributed by atoms with Crippen molar-refractivity contribution in [1.82, 2.24) is 14.8 Å². The number of hydrogen-bond donors (Lipinski definition) is 1. The molecule has 5 nitrogen and oxygen atoms in total. The first-order valence-corrected chi connectivity index (χ1v) is 9.63. The molecule has 0 saturated carbocycles. The van der Waals surface area contributed by atoms with Crippen LogP contribution in [0.2, 0.25) is 0 Å². The third-order valence-electron chi connectivity index (χ3n) is 5.20. The Kier molecular flexibility index (Phi) is 4.94. The van der Waals surface area contributed by atoms with Crippen LogP contribution in [-0.4, -0.2) is 20.7 Å². The van der Waals surface area contributed by atoms with Gasteiger partial charge in [-0.15, -0.1) is 10.2 Å². The molecule has 0 aliphatic carbocycles. The molecule has 1 amide bonds. The Morgan fingerprint density at radius 1 is 1.07 bits per heavy atom. The van der Waals surface area contributed by atoms with E-state index in [0.717, 1.165) is 49.2 Å². The van der Waals surface area contributed by atoms with Crippen molar-refractivity contribution >= 4 is 11.6 Å². The lowest BCUT2D eigenvalue weighted by molar-refractivity contribution is 0.102. The second kappa shape index (κ2) is 7.54. The van der Waals surface area contributed by atoms with Gasteiger partial charge in [0.05, 0.1) is 5.56 Å². The van der Waals surface area contributed by atoms with Crippen LogP contribution < -0.4 is 5.32 Å². The lowest BCUT2D eigenvalue weighted by atomic mass is 10.0. The van der Waals surface area contributed by atoms with Crippen LogP contribution in [0.15, 0.2) is 36.4 Å². The van der Waals surface area contributed by atoms with Gasteiger partial charge in [0, 0.05) is 24.2 Å². The zero-order chi connectivity index (χ0) is 19.7. The Bertz CT molecular complexity index is 1040. The smallest absolute Gasteiger partial charge is 0.255 e. The molecule has 144 valence electrons. The van der Waals surface area contributed by atoms with Gasteiger partial charge in [0.1, 0.15) is 11.6 Å². The van der Waals surface area contributed by atoms with Crippen LogP contribution in [0.3, 0.4) is 0 Å². The summed E-state index contributed by atoms with van der Waals surface area (Å²) in [4.78, 5) is 12.7. The number of hydrogen-bond acceptors (Lipinski definition) is 3. The number of fused-ring (bicyclic) bond motifs is 1. The largest absolute Gasteiger partial charge is 0.322 e.